The largest absolute Gasteiger partial charge is 0.469 e. The van der Waals surface area contributed by atoms with E-state index in [0.717, 1.165) is 30.0 Å². The second-order valence-corrected chi connectivity index (χ2v) is 4.16. The highest BCUT2D eigenvalue weighted by Gasteiger charge is 2.14. The summed E-state index contributed by atoms with van der Waals surface area (Å²) in [5.74, 6) is 1.86. The lowest BCUT2D eigenvalue weighted by Gasteiger charge is -2.10. The lowest BCUT2D eigenvalue weighted by atomic mass is 10.0. The summed E-state index contributed by atoms with van der Waals surface area (Å²) >= 11 is 0. The van der Waals surface area contributed by atoms with Gasteiger partial charge >= 0.3 is 0 Å². The van der Waals surface area contributed by atoms with Crippen LogP contribution in [0.15, 0.2) is 29.1 Å². The maximum atomic E-state index is 10.1. The molecule has 0 fully saturated rings. The minimum absolute atomic E-state index is 0.472. The fourth-order valence-electron chi connectivity index (χ4n) is 1.99. The highest BCUT2D eigenvalue weighted by Crippen LogP contribution is 2.23. The first kappa shape index (κ1) is 11.9. The molecule has 1 unspecified atom stereocenters. The molecule has 2 aromatic rings. The summed E-state index contributed by atoms with van der Waals surface area (Å²) in [5.41, 5.74) is 0.904. The van der Waals surface area contributed by atoms with E-state index in [1.54, 1.807) is 12.5 Å². The Balaban J connectivity index is 1.98. The van der Waals surface area contributed by atoms with Crippen molar-refractivity contribution in [2.75, 3.05) is 0 Å². The van der Waals surface area contributed by atoms with Crippen LogP contribution in [0.3, 0.4) is 0 Å². The Morgan fingerprint density at radius 1 is 1.53 bits per heavy atom. The van der Waals surface area contributed by atoms with Crippen molar-refractivity contribution < 1.29 is 9.52 Å². The number of aromatic nitrogens is 2. The number of imidazole rings is 1. The minimum Gasteiger partial charge on any atom is -0.469 e. The molecule has 4 heteroatoms. The van der Waals surface area contributed by atoms with Gasteiger partial charge in [0, 0.05) is 37.8 Å². The molecule has 0 aromatic carbocycles. The predicted octanol–water partition coefficient (Wildman–Crippen LogP) is 2.24. The van der Waals surface area contributed by atoms with Crippen molar-refractivity contribution >= 4 is 0 Å². The quantitative estimate of drug-likeness (QED) is 0.863. The molecule has 1 atom stereocenters. The molecule has 2 heterocycles. The van der Waals surface area contributed by atoms with Gasteiger partial charge in [-0.25, -0.2) is 4.98 Å². The Hall–Kier alpha value is -1.55. The Labute approximate surface area is 101 Å². The molecule has 0 aliphatic carbocycles. The van der Waals surface area contributed by atoms with Gasteiger partial charge in [-0.2, -0.15) is 0 Å². The molecule has 4 nitrogen and oxygen atoms in total. The van der Waals surface area contributed by atoms with Crippen LogP contribution in [0.2, 0.25) is 0 Å². The van der Waals surface area contributed by atoms with E-state index in [9.17, 15) is 5.11 Å². The van der Waals surface area contributed by atoms with Crippen molar-refractivity contribution in [1.29, 1.82) is 0 Å². The summed E-state index contributed by atoms with van der Waals surface area (Å²) in [5, 5.41) is 10.1. The number of aryl methyl sites for hydroxylation is 3. The summed E-state index contributed by atoms with van der Waals surface area (Å²) in [4.78, 5) is 4.24. The molecule has 0 spiro atoms. The van der Waals surface area contributed by atoms with E-state index in [2.05, 4.69) is 4.98 Å². The highest BCUT2D eigenvalue weighted by atomic mass is 16.3. The zero-order valence-electron chi connectivity index (χ0n) is 10.3. The first-order chi connectivity index (χ1) is 8.22. The molecule has 0 saturated carbocycles. The maximum Gasteiger partial charge on any atom is 0.109 e. The summed E-state index contributed by atoms with van der Waals surface area (Å²) in [6.07, 6.45) is 7.09. The van der Waals surface area contributed by atoms with Crippen LogP contribution >= 0.6 is 0 Å². The van der Waals surface area contributed by atoms with Crippen LogP contribution in [-0.2, 0) is 19.9 Å². The van der Waals surface area contributed by atoms with Gasteiger partial charge in [-0.1, -0.05) is 6.92 Å². The van der Waals surface area contributed by atoms with Gasteiger partial charge in [-0.05, 0) is 12.5 Å². The van der Waals surface area contributed by atoms with Crippen molar-refractivity contribution in [3.63, 3.8) is 0 Å². The molecule has 0 aliphatic rings. The average Bonchev–Trinajstić information content (AvgIpc) is 2.94. The minimum atomic E-state index is -0.472. The van der Waals surface area contributed by atoms with Gasteiger partial charge in [0.2, 0.25) is 0 Å². The molecule has 2 aromatic heterocycles. The second kappa shape index (κ2) is 5.19. The average molecular weight is 234 g/mol. The topological polar surface area (TPSA) is 51.2 Å². The van der Waals surface area contributed by atoms with Crippen LogP contribution in [-0.4, -0.2) is 14.7 Å². The van der Waals surface area contributed by atoms with E-state index in [1.165, 1.54) is 0 Å². The summed E-state index contributed by atoms with van der Waals surface area (Å²) in [6.45, 7) is 2.02. The van der Waals surface area contributed by atoms with Gasteiger partial charge in [0.1, 0.15) is 11.6 Å². The first-order valence-electron chi connectivity index (χ1n) is 5.93. The van der Waals surface area contributed by atoms with Gasteiger partial charge in [0.15, 0.2) is 0 Å². The smallest absolute Gasteiger partial charge is 0.109 e. The zero-order valence-corrected chi connectivity index (χ0v) is 10.3. The Bertz CT molecular complexity index is 473. The van der Waals surface area contributed by atoms with Gasteiger partial charge < -0.3 is 14.1 Å². The van der Waals surface area contributed by atoms with E-state index in [0.29, 0.717) is 6.42 Å². The number of rotatable bonds is 5. The molecule has 0 saturated heterocycles. The molecular formula is C13H18N2O2. The van der Waals surface area contributed by atoms with Crippen molar-refractivity contribution in [2.24, 2.45) is 7.05 Å². The van der Waals surface area contributed by atoms with Crippen LogP contribution < -0.4 is 0 Å². The third kappa shape index (κ3) is 2.58. The molecule has 17 heavy (non-hydrogen) atoms. The van der Waals surface area contributed by atoms with Crippen molar-refractivity contribution in [3.05, 3.63) is 41.9 Å². The number of furan rings is 1. The molecule has 2 rings (SSSR count). The van der Waals surface area contributed by atoms with Crippen molar-refractivity contribution in [2.45, 2.75) is 32.3 Å². The van der Waals surface area contributed by atoms with E-state index in [-0.39, 0.29) is 0 Å². The Kier molecular flexibility index (Phi) is 3.64. The molecular weight excluding hydrogens is 216 g/mol. The van der Waals surface area contributed by atoms with Crippen LogP contribution in [0.5, 0.6) is 0 Å². The second-order valence-electron chi connectivity index (χ2n) is 4.16. The SMILES string of the molecule is CCc1occc1C(O)CCc1nccn1C. The third-order valence-electron chi connectivity index (χ3n) is 3.02. The Morgan fingerprint density at radius 3 is 3.00 bits per heavy atom. The number of hydrogen-bond acceptors (Lipinski definition) is 3. The number of aliphatic hydroxyl groups excluding tert-OH is 1. The molecule has 0 amide bonds. The lowest BCUT2D eigenvalue weighted by molar-refractivity contribution is 0.164. The fraction of sp³-hybridized carbons (Fsp3) is 0.462. The van der Waals surface area contributed by atoms with Gasteiger partial charge in [-0.3, -0.25) is 0 Å². The summed E-state index contributed by atoms with van der Waals surface area (Å²) in [6, 6.07) is 1.85. The number of aliphatic hydroxyl groups is 1. The maximum absolute atomic E-state index is 10.1. The lowest BCUT2D eigenvalue weighted by Crippen LogP contribution is -2.04. The summed E-state index contributed by atoms with van der Waals surface area (Å²) in [7, 11) is 1.96. The van der Waals surface area contributed by atoms with Gasteiger partial charge in [-0.15, -0.1) is 0 Å². The van der Waals surface area contributed by atoms with Gasteiger partial charge in [0.25, 0.3) is 0 Å². The van der Waals surface area contributed by atoms with Crippen LogP contribution in [0.25, 0.3) is 0 Å². The van der Waals surface area contributed by atoms with Crippen molar-refractivity contribution in [3.8, 4) is 0 Å². The van der Waals surface area contributed by atoms with E-state index < -0.39 is 6.10 Å². The van der Waals surface area contributed by atoms with E-state index in [4.69, 9.17) is 4.42 Å². The monoisotopic (exact) mass is 234 g/mol. The Morgan fingerprint density at radius 2 is 2.35 bits per heavy atom. The standard InChI is InChI=1S/C13H18N2O2/c1-3-12-10(6-9-17-12)11(16)4-5-13-14-7-8-15(13)2/h6-9,11,16H,3-5H2,1-2H3. The van der Waals surface area contributed by atoms with E-state index in [1.807, 2.05) is 30.8 Å². The summed E-state index contributed by atoms with van der Waals surface area (Å²) < 4.78 is 7.29. The highest BCUT2D eigenvalue weighted by molar-refractivity contribution is 5.20. The molecule has 0 bridgehead atoms. The van der Waals surface area contributed by atoms with Crippen LogP contribution in [0, 0.1) is 0 Å². The molecule has 0 aliphatic heterocycles. The third-order valence-corrected chi connectivity index (χ3v) is 3.02. The molecule has 92 valence electrons. The molecule has 1 N–H and O–H groups in total. The van der Waals surface area contributed by atoms with Crippen LogP contribution in [0.1, 0.15) is 36.6 Å². The normalized spacial score (nSPS) is 12.9. The molecule has 0 radical (unpaired) electrons. The number of nitrogens with zero attached hydrogens (tertiary/aromatic N) is 2. The predicted molar refractivity (Wildman–Crippen MR) is 64.6 cm³/mol. The fourth-order valence-corrected chi connectivity index (χ4v) is 1.99. The zero-order chi connectivity index (χ0) is 12.3. The van der Waals surface area contributed by atoms with Crippen LogP contribution in [0.4, 0.5) is 0 Å². The first-order valence-corrected chi connectivity index (χ1v) is 5.93. The van der Waals surface area contributed by atoms with Crippen molar-refractivity contribution in [1.82, 2.24) is 9.55 Å². The number of hydrogen-bond donors (Lipinski definition) is 1. The van der Waals surface area contributed by atoms with E-state index >= 15 is 0 Å². The van der Waals surface area contributed by atoms with Gasteiger partial charge in [0.05, 0.1) is 12.4 Å².